The molecule has 2 aromatic rings. The van der Waals surface area contributed by atoms with Gasteiger partial charge < -0.3 is 15.3 Å². The van der Waals surface area contributed by atoms with Crippen molar-refractivity contribution in [1.82, 2.24) is 4.98 Å². The Balaban J connectivity index is 1.67. The van der Waals surface area contributed by atoms with E-state index in [1.165, 1.54) is 0 Å². The second kappa shape index (κ2) is 7.44. The third kappa shape index (κ3) is 3.62. The summed E-state index contributed by atoms with van der Waals surface area (Å²) in [6.45, 7) is 5.18. The van der Waals surface area contributed by atoms with Crippen LogP contribution in [0.3, 0.4) is 0 Å². The van der Waals surface area contributed by atoms with Crippen molar-refractivity contribution in [3.05, 3.63) is 47.3 Å². The zero-order valence-corrected chi connectivity index (χ0v) is 15.0. The molecular weight excluding hydrogens is 328 g/mol. The summed E-state index contributed by atoms with van der Waals surface area (Å²) >= 11 is 0. The van der Waals surface area contributed by atoms with Crippen LogP contribution in [0.5, 0.6) is 5.75 Å². The van der Waals surface area contributed by atoms with Crippen molar-refractivity contribution < 1.29 is 9.90 Å². The highest BCUT2D eigenvalue weighted by Crippen LogP contribution is 2.29. The van der Waals surface area contributed by atoms with Gasteiger partial charge in [-0.2, -0.15) is 5.26 Å². The van der Waals surface area contributed by atoms with Crippen molar-refractivity contribution in [3.63, 3.8) is 0 Å². The molecule has 0 radical (unpaired) electrons. The highest BCUT2D eigenvalue weighted by atomic mass is 16.3. The Morgan fingerprint density at radius 1 is 1.31 bits per heavy atom. The third-order valence-electron chi connectivity index (χ3n) is 4.79. The summed E-state index contributed by atoms with van der Waals surface area (Å²) in [5, 5.41) is 22.1. The van der Waals surface area contributed by atoms with Gasteiger partial charge in [0.25, 0.3) is 0 Å². The first-order chi connectivity index (χ1) is 12.5. The van der Waals surface area contributed by atoms with E-state index in [2.05, 4.69) is 21.3 Å². The molecule has 0 atom stereocenters. The lowest BCUT2D eigenvalue weighted by atomic mass is 9.94. The van der Waals surface area contributed by atoms with Gasteiger partial charge in [-0.25, -0.2) is 0 Å². The Hall–Kier alpha value is -3.07. The van der Waals surface area contributed by atoms with Crippen LogP contribution in [0.25, 0.3) is 0 Å². The van der Waals surface area contributed by atoms with Gasteiger partial charge >= 0.3 is 0 Å². The fourth-order valence-electron chi connectivity index (χ4n) is 3.39. The average Bonchev–Trinajstić information content (AvgIpc) is 2.63. The summed E-state index contributed by atoms with van der Waals surface area (Å²) in [5.41, 5.74) is 3.56. The molecular formula is C20H22N4O2. The van der Waals surface area contributed by atoms with E-state index in [4.69, 9.17) is 0 Å². The first-order valence-corrected chi connectivity index (χ1v) is 8.71. The number of rotatable bonds is 3. The number of aromatic hydroxyl groups is 1. The number of nitriles is 1. The molecule has 0 saturated carbocycles. The van der Waals surface area contributed by atoms with Gasteiger partial charge in [0, 0.05) is 24.7 Å². The van der Waals surface area contributed by atoms with Gasteiger partial charge in [0.15, 0.2) is 0 Å². The van der Waals surface area contributed by atoms with Gasteiger partial charge in [0.2, 0.25) is 5.91 Å². The molecule has 134 valence electrons. The van der Waals surface area contributed by atoms with Crippen LogP contribution in [0.1, 0.15) is 29.8 Å². The molecule has 1 aromatic carbocycles. The predicted molar refractivity (Wildman–Crippen MR) is 100 cm³/mol. The molecule has 2 N–H and O–H groups in total. The molecule has 1 saturated heterocycles. The van der Waals surface area contributed by atoms with Crippen molar-refractivity contribution in [2.24, 2.45) is 5.92 Å². The lowest BCUT2D eigenvalue weighted by Crippen LogP contribution is -2.38. The number of amides is 1. The molecule has 6 nitrogen and oxygen atoms in total. The van der Waals surface area contributed by atoms with Crippen LogP contribution in [-0.2, 0) is 4.79 Å². The number of para-hydroxylation sites is 2. The van der Waals surface area contributed by atoms with Crippen LogP contribution in [0, 0.1) is 31.1 Å². The molecule has 6 heteroatoms. The summed E-state index contributed by atoms with van der Waals surface area (Å²) in [6.07, 6.45) is 1.40. The molecule has 1 aliphatic heterocycles. The molecule has 0 unspecified atom stereocenters. The molecule has 2 heterocycles. The number of hydrogen-bond donors (Lipinski definition) is 2. The first kappa shape index (κ1) is 17.7. The number of anilines is 2. The van der Waals surface area contributed by atoms with Crippen molar-refractivity contribution in [2.45, 2.75) is 26.7 Å². The van der Waals surface area contributed by atoms with Crippen molar-refractivity contribution >= 4 is 17.3 Å². The van der Waals surface area contributed by atoms with E-state index in [0.29, 0.717) is 37.2 Å². The molecule has 1 fully saturated rings. The number of aryl methyl sites for hydroxylation is 2. The SMILES string of the molecule is Cc1cc(N2CCC(C(=O)Nc3ccccc3O)CC2)c(C#N)c(C)n1. The van der Waals surface area contributed by atoms with E-state index < -0.39 is 0 Å². The largest absolute Gasteiger partial charge is 0.506 e. The normalized spacial score (nSPS) is 14.7. The maximum absolute atomic E-state index is 12.5. The smallest absolute Gasteiger partial charge is 0.227 e. The molecule has 1 amide bonds. The number of phenols is 1. The Morgan fingerprint density at radius 2 is 2.00 bits per heavy atom. The topological polar surface area (TPSA) is 89.3 Å². The summed E-state index contributed by atoms with van der Waals surface area (Å²) in [7, 11) is 0. The van der Waals surface area contributed by atoms with Gasteiger partial charge in [0.1, 0.15) is 11.8 Å². The number of nitrogens with one attached hydrogen (secondary N) is 1. The van der Waals surface area contributed by atoms with Gasteiger partial charge in [-0.05, 0) is 44.9 Å². The minimum atomic E-state index is -0.111. The lowest BCUT2D eigenvalue weighted by Gasteiger charge is -2.33. The minimum Gasteiger partial charge on any atom is -0.506 e. The fraction of sp³-hybridized carbons (Fsp3) is 0.350. The zero-order chi connectivity index (χ0) is 18.7. The van der Waals surface area contributed by atoms with E-state index in [-0.39, 0.29) is 17.6 Å². The number of aromatic nitrogens is 1. The Labute approximate surface area is 153 Å². The Kier molecular flexibility index (Phi) is 5.08. The number of benzene rings is 1. The molecule has 3 rings (SSSR count). The van der Waals surface area contributed by atoms with Crippen LogP contribution in [0.4, 0.5) is 11.4 Å². The van der Waals surface area contributed by atoms with Crippen molar-refractivity contribution in [3.8, 4) is 11.8 Å². The minimum absolute atomic E-state index is 0.0692. The van der Waals surface area contributed by atoms with E-state index in [9.17, 15) is 15.2 Å². The number of phenolic OH excluding ortho intramolecular Hbond substituents is 1. The highest BCUT2D eigenvalue weighted by molar-refractivity contribution is 5.94. The number of hydrogen-bond acceptors (Lipinski definition) is 5. The summed E-state index contributed by atoms with van der Waals surface area (Å²) in [5.74, 6) is -0.117. The van der Waals surface area contributed by atoms with Crippen LogP contribution in [0.15, 0.2) is 30.3 Å². The second-order valence-corrected chi connectivity index (χ2v) is 6.62. The van der Waals surface area contributed by atoms with Crippen molar-refractivity contribution in [2.75, 3.05) is 23.3 Å². The Bertz CT molecular complexity index is 865. The Morgan fingerprint density at radius 3 is 2.65 bits per heavy atom. The van der Waals surface area contributed by atoms with Gasteiger partial charge in [-0.15, -0.1) is 0 Å². The van der Waals surface area contributed by atoms with E-state index in [1.54, 1.807) is 24.3 Å². The second-order valence-electron chi connectivity index (χ2n) is 6.62. The van der Waals surface area contributed by atoms with Crippen LogP contribution >= 0.6 is 0 Å². The first-order valence-electron chi connectivity index (χ1n) is 8.71. The maximum atomic E-state index is 12.5. The summed E-state index contributed by atoms with van der Waals surface area (Å²) < 4.78 is 0. The summed E-state index contributed by atoms with van der Waals surface area (Å²) in [6, 6.07) is 10.9. The van der Waals surface area contributed by atoms with Gasteiger partial charge in [0.05, 0.1) is 22.6 Å². The number of piperidine rings is 1. The monoisotopic (exact) mass is 350 g/mol. The molecule has 0 bridgehead atoms. The molecule has 26 heavy (non-hydrogen) atoms. The molecule has 1 aliphatic rings. The molecule has 0 spiro atoms. The van der Waals surface area contributed by atoms with Gasteiger partial charge in [-0.1, -0.05) is 12.1 Å². The maximum Gasteiger partial charge on any atom is 0.227 e. The van der Waals surface area contributed by atoms with E-state index in [1.807, 2.05) is 19.9 Å². The number of carbonyl (C=O) groups is 1. The molecule has 1 aromatic heterocycles. The van der Waals surface area contributed by atoms with Crippen molar-refractivity contribution in [1.29, 1.82) is 5.26 Å². The lowest BCUT2D eigenvalue weighted by molar-refractivity contribution is -0.120. The third-order valence-corrected chi connectivity index (χ3v) is 4.79. The predicted octanol–water partition coefficient (Wildman–Crippen LogP) is 3.13. The van der Waals surface area contributed by atoms with E-state index >= 15 is 0 Å². The molecule has 0 aliphatic carbocycles. The number of pyridine rings is 1. The number of nitrogens with zero attached hydrogens (tertiary/aromatic N) is 3. The van der Waals surface area contributed by atoms with Crippen LogP contribution in [-0.4, -0.2) is 29.1 Å². The standard InChI is InChI=1S/C20H22N4O2/c1-13-11-18(16(12-21)14(2)22-13)24-9-7-15(8-10-24)20(26)23-17-5-3-4-6-19(17)25/h3-6,11,15,25H,7-10H2,1-2H3,(H,23,26). The quantitative estimate of drug-likeness (QED) is 0.830. The van der Waals surface area contributed by atoms with Gasteiger partial charge in [-0.3, -0.25) is 9.78 Å². The zero-order valence-electron chi connectivity index (χ0n) is 15.0. The average molecular weight is 350 g/mol. The van der Waals surface area contributed by atoms with E-state index in [0.717, 1.165) is 17.1 Å². The highest BCUT2D eigenvalue weighted by Gasteiger charge is 2.27. The van der Waals surface area contributed by atoms with Crippen LogP contribution < -0.4 is 10.2 Å². The summed E-state index contributed by atoms with van der Waals surface area (Å²) in [4.78, 5) is 19.0. The fourth-order valence-corrected chi connectivity index (χ4v) is 3.39. The van der Waals surface area contributed by atoms with Crippen LogP contribution in [0.2, 0.25) is 0 Å². The number of carbonyl (C=O) groups excluding carboxylic acids is 1.